The van der Waals surface area contributed by atoms with Gasteiger partial charge in [-0.15, -0.1) is 0 Å². The first-order chi connectivity index (χ1) is 10.7. The van der Waals surface area contributed by atoms with Crippen LogP contribution in [0.1, 0.15) is 25.7 Å². The van der Waals surface area contributed by atoms with Crippen molar-refractivity contribution in [2.45, 2.75) is 31.7 Å². The Morgan fingerprint density at radius 2 is 2.05 bits per heavy atom. The number of urea groups is 1. The Bertz CT molecular complexity index is 535. The first-order valence-corrected chi connectivity index (χ1v) is 7.30. The summed E-state index contributed by atoms with van der Waals surface area (Å²) < 4.78 is 9.90. The Kier molecular flexibility index (Phi) is 5.57. The second-order valence-corrected chi connectivity index (χ2v) is 5.18. The van der Waals surface area contributed by atoms with Crippen molar-refractivity contribution in [3.63, 3.8) is 0 Å². The number of anilines is 1. The molecule has 1 aliphatic rings. The molecule has 0 spiro atoms. The SMILES string of the molecule is COC(=O)[C@H]1CCCC[C@H]1NC(=O)Nc1cccnc1OC. The van der Waals surface area contributed by atoms with Crippen molar-refractivity contribution in [1.82, 2.24) is 10.3 Å². The molecule has 1 fully saturated rings. The lowest BCUT2D eigenvalue weighted by molar-refractivity contribution is -0.147. The zero-order chi connectivity index (χ0) is 15.9. The quantitative estimate of drug-likeness (QED) is 0.830. The number of hydrogen-bond acceptors (Lipinski definition) is 5. The lowest BCUT2D eigenvalue weighted by Gasteiger charge is -2.30. The van der Waals surface area contributed by atoms with E-state index in [0.717, 1.165) is 25.7 Å². The van der Waals surface area contributed by atoms with Crippen LogP contribution in [0.5, 0.6) is 5.88 Å². The number of pyridine rings is 1. The Morgan fingerprint density at radius 3 is 2.77 bits per heavy atom. The smallest absolute Gasteiger partial charge is 0.319 e. The summed E-state index contributed by atoms with van der Waals surface area (Å²) in [6, 6.07) is 2.80. The van der Waals surface area contributed by atoms with E-state index < -0.39 is 0 Å². The fourth-order valence-electron chi connectivity index (χ4n) is 2.71. The van der Waals surface area contributed by atoms with E-state index in [1.54, 1.807) is 18.3 Å². The Hall–Kier alpha value is -2.31. The molecule has 0 aliphatic heterocycles. The average molecular weight is 307 g/mol. The van der Waals surface area contributed by atoms with Crippen LogP contribution >= 0.6 is 0 Å². The molecule has 2 amide bonds. The van der Waals surface area contributed by atoms with Crippen LogP contribution in [0.2, 0.25) is 0 Å². The molecule has 120 valence electrons. The van der Waals surface area contributed by atoms with Gasteiger partial charge in [-0.2, -0.15) is 0 Å². The summed E-state index contributed by atoms with van der Waals surface area (Å²) in [5.74, 6) is -0.227. The van der Waals surface area contributed by atoms with Gasteiger partial charge in [-0.1, -0.05) is 12.8 Å². The Balaban J connectivity index is 1.99. The summed E-state index contributed by atoms with van der Waals surface area (Å²) in [7, 11) is 2.86. The number of carbonyl (C=O) groups is 2. The van der Waals surface area contributed by atoms with Crippen LogP contribution < -0.4 is 15.4 Å². The number of aromatic nitrogens is 1. The molecule has 1 aromatic rings. The van der Waals surface area contributed by atoms with Crippen molar-refractivity contribution in [2.75, 3.05) is 19.5 Å². The highest BCUT2D eigenvalue weighted by atomic mass is 16.5. The number of rotatable bonds is 4. The molecule has 0 radical (unpaired) electrons. The maximum atomic E-state index is 12.1. The van der Waals surface area contributed by atoms with Crippen molar-refractivity contribution in [2.24, 2.45) is 5.92 Å². The number of nitrogens with zero attached hydrogens (tertiary/aromatic N) is 1. The van der Waals surface area contributed by atoms with Gasteiger partial charge in [0.25, 0.3) is 0 Å². The van der Waals surface area contributed by atoms with E-state index in [2.05, 4.69) is 15.6 Å². The monoisotopic (exact) mass is 307 g/mol. The Labute approximate surface area is 129 Å². The third kappa shape index (κ3) is 3.87. The second-order valence-electron chi connectivity index (χ2n) is 5.18. The molecular weight excluding hydrogens is 286 g/mol. The van der Waals surface area contributed by atoms with E-state index in [9.17, 15) is 9.59 Å². The van der Waals surface area contributed by atoms with Crippen LogP contribution in [0, 0.1) is 5.92 Å². The molecule has 0 bridgehead atoms. The van der Waals surface area contributed by atoms with Crippen LogP contribution in [0.4, 0.5) is 10.5 Å². The van der Waals surface area contributed by atoms with Gasteiger partial charge in [-0.05, 0) is 25.0 Å². The van der Waals surface area contributed by atoms with Gasteiger partial charge in [0.05, 0.1) is 20.1 Å². The van der Waals surface area contributed by atoms with Crippen LogP contribution in [0.25, 0.3) is 0 Å². The number of esters is 1. The molecule has 2 N–H and O–H groups in total. The minimum Gasteiger partial charge on any atom is -0.480 e. The third-order valence-corrected chi connectivity index (χ3v) is 3.80. The average Bonchev–Trinajstić information content (AvgIpc) is 2.55. The molecule has 2 rings (SSSR count). The molecule has 1 heterocycles. The van der Waals surface area contributed by atoms with Gasteiger partial charge < -0.3 is 20.1 Å². The maximum absolute atomic E-state index is 12.1. The van der Waals surface area contributed by atoms with Gasteiger partial charge in [-0.3, -0.25) is 4.79 Å². The zero-order valence-electron chi connectivity index (χ0n) is 12.8. The molecule has 1 saturated carbocycles. The van der Waals surface area contributed by atoms with Crippen molar-refractivity contribution in [3.05, 3.63) is 18.3 Å². The minimum absolute atomic E-state index is 0.219. The van der Waals surface area contributed by atoms with Crippen LogP contribution in [0.15, 0.2) is 18.3 Å². The summed E-state index contributed by atoms with van der Waals surface area (Å²) in [6.07, 6.45) is 5.02. The van der Waals surface area contributed by atoms with E-state index in [1.807, 2.05) is 0 Å². The highest BCUT2D eigenvalue weighted by Crippen LogP contribution is 2.26. The Morgan fingerprint density at radius 1 is 1.27 bits per heavy atom. The summed E-state index contributed by atoms with van der Waals surface area (Å²) in [5, 5.41) is 5.55. The van der Waals surface area contributed by atoms with Gasteiger partial charge in [0.2, 0.25) is 5.88 Å². The number of methoxy groups -OCH3 is 2. The van der Waals surface area contributed by atoms with Crippen molar-refractivity contribution in [1.29, 1.82) is 0 Å². The van der Waals surface area contributed by atoms with Crippen molar-refractivity contribution in [3.8, 4) is 5.88 Å². The lowest BCUT2D eigenvalue weighted by atomic mass is 9.84. The lowest BCUT2D eigenvalue weighted by Crippen LogP contribution is -2.47. The molecule has 0 saturated heterocycles. The number of hydrogen-bond donors (Lipinski definition) is 2. The van der Waals surface area contributed by atoms with E-state index >= 15 is 0 Å². The standard InChI is InChI=1S/C15H21N3O4/c1-21-13-12(8-5-9-16-13)18-15(20)17-11-7-4-3-6-10(11)14(19)22-2/h5,8-11H,3-4,6-7H2,1-2H3,(H2,17,18,20)/t10-,11+/m0/s1. The molecule has 22 heavy (non-hydrogen) atoms. The fraction of sp³-hybridized carbons (Fsp3) is 0.533. The second kappa shape index (κ2) is 7.63. The van der Waals surface area contributed by atoms with Crippen molar-refractivity contribution < 1.29 is 19.1 Å². The number of carbonyl (C=O) groups excluding carboxylic acids is 2. The summed E-state index contributed by atoms with van der Waals surface area (Å²) >= 11 is 0. The number of ether oxygens (including phenoxy) is 2. The molecular formula is C15H21N3O4. The minimum atomic E-state index is -0.382. The first-order valence-electron chi connectivity index (χ1n) is 7.30. The molecule has 0 unspecified atom stereocenters. The maximum Gasteiger partial charge on any atom is 0.319 e. The van der Waals surface area contributed by atoms with E-state index in [1.165, 1.54) is 14.2 Å². The third-order valence-electron chi connectivity index (χ3n) is 3.80. The fourth-order valence-corrected chi connectivity index (χ4v) is 2.71. The van der Waals surface area contributed by atoms with Crippen LogP contribution in [0.3, 0.4) is 0 Å². The van der Waals surface area contributed by atoms with E-state index in [0.29, 0.717) is 11.6 Å². The summed E-state index contributed by atoms with van der Waals surface area (Å²) in [5.41, 5.74) is 0.480. The zero-order valence-corrected chi connectivity index (χ0v) is 12.8. The van der Waals surface area contributed by atoms with Gasteiger partial charge >= 0.3 is 12.0 Å². The van der Waals surface area contributed by atoms with Gasteiger partial charge in [0.1, 0.15) is 5.69 Å². The van der Waals surface area contributed by atoms with Crippen LogP contribution in [-0.4, -0.2) is 37.2 Å². The predicted octanol–water partition coefficient (Wildman–Crippen LogP) is 1.94. The van der Waals surface area contributed by atoms with Gasteiger partial charge in [0, 0.05) is 12.2 Å². The highest BCUT2D eigenvalue weighted by molar-refractivity contribution is 5.91. The summed E-state index contributed by atoms with van der Waals surface area (Å²) in [6.45, 7) is 0. The molecule has 1 aliphatic carbocycles. The normalized spacial score (nSPS) is 20.8. The van der Waals surface area contributed by atoms with Crippen LogP contribution in [-0.2, 0) is 9.53 Å². The van der Waals surface area contributed by atoms with Crippen molar-refractivity contribution >= 4 is 17.7 Å². The molecule has 2 atom stereocenters. The first kappa shape index (κ1) is 16.1. The van der Waals surface area contributed by atoms with E-state index in [4.69, 9.17) is 9.47 Å². The molecule has 7 heteroatoms. The molecule has 7 nitrogen and oxygen atoms in total. The number of amides is 2. The number of nitrogens with one attached hydrogen (secondary N) is 2. The summed E-state index contributed by atoms with van der Waals surface area (Å²) in [4.78, 5) is 28.0. The molecule has 0 aromatic carbocycles. The van der Waals surface area contributed by atoms with E-state index in [-0.39, 0.29) is 24.0 Å². The molecule has 1 aromatic heterocycles. The van der Waals surface area contributed by atoms with Gasteiger partial charge in [0.15, 0.2) is 0 Å². The largest absolute Gasteiger partial charge is 0.480 e. The highest BCUT2D eigenvalue weighted by Gasteiger charge is 2.32. The topological polar surface area (TPSA) is 89.5 Å². The van der Waals surface area contributed by atoms with Gasteiger partial charge in [-0.25, -0.2) is 9.78 Å². The predicted molar refractivity (Wildman–Crippen MR) is 80.7 cm³/mol.